The summed E-state index contributed by atoms with van der Waals surface area (Å²) in [7, 11) is 0. The van der Waals surface area contributed by atoms with Gasteiger partial charge in [-0.3, -0.25) is 0 Å². The standard InChI is InChI=1S/C8H9FIN/c9-8-3-1-2-7(4-8)5-11-6-10/h1-4,11H,5-6H2. The largest absolute Gasteiger partial charge is 0.304 e. The SMILES string of the molecule is Fc1cccc(CNCI)c1. The normalized spacial score (nSPS) is 10.0. The maximum atomic E-state index is 12.6. The van der Waals surface area contributed by atoms with Gasteiger partial charge in [-0.1, -0.05) is 34.7 Å². The van der Waals surface area contributed by atoms with Crippen LogP contribution in [0.2, 0.25) is 0 Å². The van der Waals surface area contributed by atoms with E-state index >= 15 is 0 Å². The van der Waals surface area contributed by atoms with E-state index in [1.165, 1.54) is 6.07 Å². The molecule has 0 unspecified atom stereocenters. The molecule has 1 N–H and O–H groups in total. The highest BCUT2D eigenvalue weighted by Crippen LogP contribution is 2.02. The van der Waals surface area contributed by atoms with Crippen LogP contribution in [0.1, 0.15) is 5.56 Å². The third kappa shape index (κ3) is 3.16. The van der Waals surface area contributed by atoms with Gasteiger partial charge in [0.15, 0.2) is 0 Å². The van der Waals surface area contributed by atoms with Gasteiger partial charge in [0, 0.05) is 11.1 Å². The van der Waals surface area contributed by atoms with Crippen molar-refractivity contribution >= 4 is 22.6 Å². The number of hydrogen-bond acceptors (Lipinski definition) is 1. The van der Waals surface area contributed by atoms with Gasteiger partial charge in [-0.15, -0.1) is 0 Å². The highest BCUT2D eigenvalue weighted by atomic mass is 127. The Morgan fingerprint density at radius 3 is 2.91 bits per heavy atom. The lowest BCUT2D eigenvalue weighted by molar-refractivity contribution is 0.623. The summed E-state index contributed by atoms with van der Waals surface area (Å²) in [6.07, 6.45) is 0. The van der Waals surface area contributed by atoms with E-state index in [-0.39, 0.29) is 5.82 Å². The van der Waals surface area contributed by atoms with Gasteiger partial charge >= 0.3 is 0 Å². The average Bonchev–Trinajstić information content (AvgIpc) is 2.01. The average molecular weight is 265 g/mol. The first-order chi connectivity index (χ1) is 5.33. The van der Waals surface area contributed by atoms with Crippen LogP contribution in [0.4, 0.5) is 4.39 Å². The topological polar surface area (TPSA) is 12.0 Å². The molecule has 1 aromatic carbocycles. The summed E-state index contributed by atoms with van der Waals surface area (Å²) in [5.74, 6) is -0.169. The van der Waals surface area contributed by atoms with Crippen molar-refractivity contribution in [1.82, 2.24) is 5.32 Å². The molecule has 0 aromatic heterocycles. The fourth-order valence-corrected chi connectivity index (χ4v) is 1.11. The number of hydrogen-bond donors (Lipinski definition) is 1. The lowest BCUT2D eigenvalue weighted by atomic mass is 10.2. The summed E-state index contributed by atoms with van der Waals surface area (Å²) >= 11 is 2.22. The van der Waals surface area contributed by atoms with Gasteiger partial charge in [0.05, 0.1) is 0 Å². The van der Waals surface area contributed by atoms with E-state index < -0.39 is 0 Å². The Morgan fingerprint density at radius 2 is 2.27 bits per heavy atom. The number of alkyl halides is 1. The van der Waals surface area contributed by atoms with E-state index in [4.69, 9.17) is 0 Å². The zero-order valence-corrected chi connectivity index (χ0v) is 8.14. The van der Waals surface area contributed by atoms with Crippen LogP contribution in [0.3, 0.4) is 0 Å². The number of benzene rings is 1. The molecule has 0 atom stereocenters. The zero-order chi connectivity index (χ0) is 8.10. The van der Waals surface area contributed by atoms with Crippen LogP contribution in [0.15, 0.2) is 24.3 Å². The van der Waals surface area contributed by atoms with Crippen molar-refractivity contribution in [2.45, 2.75) is 6.54 Å². The molecule has 0 amide bonds. The molecule has 1 nitrogen and oxygen atoms in total. The first-order valence-electron chi connectivity index (χ1n) is 3.34. The van der Waals surface area contributed by atoms with Gasteiger partial charge in [-0.05, 0) is 17.7 Å². The molecule has 0 heterocycles. The van der Waals surface area contributed by atoms with E-state index in [1.54, 1.807) is 12.1 Å². The summed E-state index contributed by atoms with van der Waals surface area (Å²) in [6, 6.07) is 6.62. The number of rotatable bonds is 3. The third-order valence-corrected chi connectivity index (χ3v) is 1.85. The molecule has 0 saturated heterocycles. The fourth-order valence-electron chi connectivity index (χ4n) is 0.839. The van der Waals surface area contributed by atoms with Crippen molar-refractivity contribution in [3.63, 3.8) is 0 Å². The Kier molecular flexibility index (Phi) is 3.79. The molecule has 0 aliphatic heterocycles. The minimum Gasteiger partial charge on any atom is -0.304 e. The van der Waals surface area contributed by atoms with E-state index in [1.807, 2.05) is 6.07 Å². The summed E-state index contributed by atoms with van der Waals surface area (Å²) in [6.45, 7) is 0.737. The highest BCUT2D eigenvalue weighted by molar-refractivity contribution is 14.1. The first-order valence-corrected chi connectivity index (χ1v) is 4.86. The molecule has 1 aromatic rings. The highest BCUT2D eigenvalue weighted by Gasteiger charge is 1.92. The minimum absolute atomic E-state index is 0.169. The van der Waals surface area contributed by atoms with Crippen LogP contribution in [0.5, 0.6) is 0 Å². The Balaban J connectivity index is 2.56. The van der Waals surface area contributed by atoms with Gasteiger partial charge in [0.2, 0.25) is 0 Å². The van der Waals surface area contributed by atoms with Crippen LogP contribution >= 0.6 is 22.6 Å². The first kappa shape index (κ1) is 8.93. The summed E-state index contributed by atoms with van der Waals surface area (Å²) in [4.78, 5) is 0. The molecule has 0 saturated carbocycles. The van der Waals surface area contributed by atoms with Crippen LogP contribution in [0.25, 0.3) is 0 Å². The lowest BCUT2D eigenvalue weighted by Gasteiger charge is -1.99. The Bertz CT molecular complexity index is 227. The molecule has 0 aliphatic rings. The molecule has 3 heteroatoms. The Morgan fingerprint density at radius 1 is 1.45 bits per heavy atom. The summed E-state index contributed by atoms with van der Waals surface area (Å²) in [5.41, 5.74) is 0.988. The molecule has 0 radical (unpaired) electrons. The molecular formula is C8H9FIN. The second-order valence-electron chi connectivity index (χ2n) is 2.19. The number of nitrogens with one attached hydrogen (secondary N) is 1. The maximum absolute atomic E-state index is 12.6. The van der Waals surface area contributed by atoms with Crippen molar-refractivity contribution in [1.29, 1.82) is 0 Å². The lowest BCUT2D eigenvalue weighted by Crippen LogP contribution is -2.09. The third-order valence-electron chi connectivity index (χ3n) is 1.31. The smallest absolute Gasteiger partial charge is 0.123 e. The molecule has 1 rings (SSSR count). The monoisotopic (exact) mass is 265 g/mol. The zero-order valence-electron chi connectivity index (χ0n) is 5.98. The molecular weight excluding hydrogens is 256 g/mol. The van der Waals surface area contributed by atoms with Crippen molar-refractivity contribution < 1.29 is 4.39 Å². The molecule has 0 fully saturated rings. The van der Waals surface area contributed by atoms with Crippen LogP contribution < -0.4 is 5.32 Å². The Hall–Kier alpha value is -0.160. The van der Waals surface area contributed by atoms with E-state index in [0.29, 0.717) is 0 Å². The van der Waals surface area contributed by atoms with Crippen molar-refractivity contribution in [2.24, 2.45) is 0 Å². The van der Waals surface area contributed by atoms with Crippen molar-refractivity contribution in [3.8, 4) is 0 Å². The van der Waals surface area contributed by atoms with Crippen LogP contribution in [-0.2, 0) is 6.54 Å². The fraction of sp³-hybridized carbons (Fsp3) is 0.250. The van der Waals surface area contributed by atoms with Crippen LogP contribution in [0, 0.1) is 5.82 Å². The maximum Gasteiger partial charge on any atom is 0.123 e. The molecule has 11 heavy (non-hydrogen) atoms. The summed E-state index contributed by atoms with van der Waals surface area (Å²) < 4.78 is 13.4. The quantitative estimate of drug-likeness (QED) is 0.502. The molecule has 0 spiro atoms. The van der Waals surface area contributed by atoms with Gasteiger partial charge in [0.1, 0.15) is 5.82 Å². The summed E-state index contributed by atoms with van der Waals surface area (Å²) in [5, 5.41) is 3.11. The molecule has 60 valence electrons. The Labute approximate surface area is 79.1 Å². The van der Waals surface area contributed by atoms with E-state index in [9.17, 15) is 4.39 Å². The van der Waals surface area contributed by atoms with Crippen LogP contribution in [-0.4, -0.2) is 4.55 Å². The van der Waals surface area contributed by atoms with Crippen molar-refractivity contribution in [3.05, 3.63) is 35.6 Å². The molecule has 0 bridgehead atoms. The number of halogens is 2. The van der Waals surface area contributed by atoms with Gasteiger partial charge in [-0.2, -0.15) is 0 Å². The van der Waals surface area contributed by atoms with E-state index in [0.717, 1.165) is 16.7 Å². The van der Waals surface area contributed by atoms with Gasteiger partial charge in [0.25, 0.3) is 0 Å². The predicted molar refractivity (Wildman–Crippen MR) is 52.1 cm³/mol. The second kappa shape index (κ2) is 4.66. The second-order valence-corrected chi connectivity index (χ2v) is 2.95. The molecule has 0 aliphatic carbocycles. The van der Waals surface area contributed by atoms with E-state index in [2.05, 4.69) is 27.9 Å². The van der Waals surface area contributed by atoms with Crippen molar-refractivity contribution in [2.75, 3.05) is 4.55 Å². The van der Waals surface area contributed by atoms with Gasteiger partial charge in [-0.25, -0.2) is 4.39 Å². The minimum atomic E-state index is -0.169. The predicted octanol–water partition coefficient (Wildman–Crippen LogP) is 2.31. The van der Waals surface area contributed by atoms with Gasteiger partial charge < -0.3 is 5.32 Å².